The smallest absolute Gasteiger partial charge is 0.225 e. The molecule has 94 valence electrons. The lowest BCUT2D eigenvalue weighted by Crippen LogP contribution is -2.37. The van der Waals surface area contributed by atoms with Gasteiger partial charge in [0.05, 0.1) is 6.04 Å². The van der Waals surface area contributed by atoms with Crippen LogP contribution in [0, 0.1) is 5.92 Å². The van der Waals surface area contributed by atoms with E-state index in [0.717, 1.165) is 6.42 Å². The Morgan fingerprint density at radius 1 is 1.65 bits per heavy atom. The number of amides is 2. The molecule has 4 nitrogen and oxygen atoms in total. The fraction of sp³-hybridized carbons (Fsp3) is 0.692. The van der Waals surface area contributed by atoms with Crippen molar-refractivity contribution in [3.63, 3.8) is 0 Å². The highest BCUT2D eigenvalue weighted by Gasteiger charge is 2.44. The van der Waals surface area contributed by atoms with Gasteiger partial charge in [0.25, 0.3) is 0 Å². The number of nitrogens with one attached hydrogen (secondary N) is 1. The van der Waals surface area contributed by atoms with Gasteiger partial charge in [0.1, 0.15) is 0 Å². The number of hydrogen-bond donors (Lipinski definition) is 1. The van der Waals surface area contributed by atoms with Crippen LogP contribution in [0.3, 0.4) is 0 Å². The molecule has 2 rings (SSSR count). The number of carbonyl (C=O) groups is 2. The first-order valence-corrected chi connectivity index (χ1v) is 6.31. The number of likely N-dealkylation sites (tertiary alicyclic amines) is 1. The Morgan fingerprint density at radius 3 is 2.94 bits per heavy atom. The maximum atomic E-state index is 11.8. The van der Waals surface area contributed by atoms with Gasteiger partial charge in [0.2, 0.25) is 11.8 Å². The maximum Gasteiger partial charge on any atom is 0.225 e. The largest absolute Gasteiger partial charge is 0.351 e. The van der Waals surface area contributed by atoms with Gasteiger partial charge in [-0.2, -0.15) is 0 Å². The van der Waals surface area contributed by atoms with Crippen molar-refractivity contribution in [1.82, 2.24) is 10.2 Å². The van der Waals surface area contributed by atoms with Crippen LogP contribution in [-0.2, 0) is 9.59 Å². The Labute approximate surface area is 102 Å². The van der Waals surface area contributed by atoms with Gasteiger partial charge in [-0.3, -0.25) is 9.59 Å². The molecule has 3 atom stereocenters. The molecule has 4 heteroatoms. The fourth-order valence-corrected chi connectivity index (χ4v) is 2.42. The van der Waals surface area contributed by atoms with Crippen LogP contribution in [0.4, 0.5) is 0 Å². The van der Waals surface area contributed by atoms with E-state index in [4.69, 9.17) is 0 Å². The minimum absolute atomic E-state index is 0.00705. The van der Waals surface area contributed by atoms with E-state index in [0.29, 0.717) is 37.8 Å². The van der Waals surface area contributed by atoms with Gasteiger partial charge in [-0.25, -0.2) is 0 Å². The second-order valence-electron chi connectivity index (χ2n) is 5.12. The Morgan fingerprint density at radius 2 is 2.35 bits per heavy atom. The maximum absolute atomic E-state index is 11.8. The number of nitrogens with zero attached hydrogens (tertiary/aromatic N) is 1. The molecular weight excluding hydrogens is 216 g/mol. The van der Waals surface area contributed by atoms with E-state index in [1.807, 2.05) is 4.90 Å². The van der Waals surface area contributed by atoms with Crippen molar-refractivity contribution in [3.8, 4) is 0 Å². The third-order valence-electron chi connectivity index (χ3n) is 3.57. The molecule has 1 aliphatic heterocycles. The van der Waals surface area contributed by atoms with Gasteiger partial charge in [-0.15, -0.1) is 6.58 Å². The van der Waals surface area contributed by atoms with E-state index in [2.05, 4.69) is 18.8 Å². The van der Waals surface area contributed by atoms with Crippen molar-refractivity contribution in [3.05, 3.63) is 12.7 Å². The standard InChI is InChI=1S/C13H20N2O2/c1-3-4-5-12(16)14-10-7-13(17)15(8-10)11-6-9(11)2/h3,9-11H,1,4-8H2,2H3,(H,14,16)/t9-,10-,11+/m1/s1. The molecule has 0 radical (unpaired) electrons. The van der Waals surface area contributed by atoms with Crippen molar-refractivity contribution in [1.29, 1.82) is 0 Å². The van der Waals surface area contributed by atoms with Gasteiger partial charge >= 0.3 is 0 Å². The lowest BCUT2D eigenvalue weighted by atomic mass is 10.2. The molecule has 0 aromatic carbocycles. The molecule has 1 heterocycles. The van der Waals surface area contributed by atoms with Gasteiger partial charge in [0.15, 0.2) is 0 Å². The summed E-state index contributed by atoms with van der Waals surface area (Å²) in [6.07, 6.45) is 4.47. The first kappa shape index (κ1) is 12.1. The van der Waals surface area contributed by atoms with Crippen molar-refractivity contribution in [2.24, 2.45) is 5.92 Å². The van der Waals surface area contributed by atoms with E-state index in [1.165, 1.54) is 0 Å². The third-order valence-corrected chi connectivity index (χ3v) is 3.57. The summed E-state index contributed by atoms with van der Waals surface area (Å²) in [6, 6.07) is 0.435. The zero-order valence-electron chi connectivity index (χ0n) is 10.3. The average Bonchev–Trinajstić information content (AvgIpc) is 2.88. The summed E-state index contributed by atoms with van der Waals surface area (Å²) in [5.41, 5.74) is 0. The highest BCUT2D eigenvalue weighted by Crippen LogP contribution is 2.37. The van der Waals surface area contributed by atoms with Crippen LogP contribution in [0.2, 0.25) is 0 Å². The van der Waals surface area contributed by atoms with E-state index < -0.39 is 0 Å². The molecule has 0 bridgehead atoms. The molecular formula is C13H20N2O2. The monoisotopic (exact) mass is 236 g/mol. The highest BCUT2D eigenvalue weighted by atomic mass is 16.2. The number of carbonyl (C=O) groups excluding carboxylic acids is 2. The molecule has 1 saturated carbocycles. The second kappa shape index (κ2) is 4.90. The molecule has 0 aromatic rings. The average molecular weight is 236 g/mol. The summed E-state index contributed by atoms with van der Waals surface area (Å²) in [6.45, 7) is 6.43. The lowest BCUT2D eigenvalue weighted by Gasteiger charge is -2.16. The van der Waals surface area contributed by atoms with Crippen molar-refractivity contribution >= 4 is 11.8 Å². The molecule has 2 amide bonds. The summed E-state index contributed by atoms with van der Waals surface area (Å²) >= 11 is 0. The molecule has 17 heavy (non-hydrogen) atoms. The zero-order chi connectivity index (χ0) is 12.4. The van der Waals surface area contributed by atoms with Crippen LogP contribution >= 0.6 is 0 Å². The van der Waals surface area contributed by atoms with Gasteiger partial charge in [-0.1, -0.05) is 13.0 Å². The van der Waals surface area contributed by atoms with Crippen molar-refractivity contribution in [2.45, 2.75) is 44.7 Å². The van der Waals surface area contributed by atoms with E-state index in [1.54, 1.807) is 6.08 Å². The predicted octanol–water partition coefficient (Wildman–Crippen LogP) is 1.08. The summed E-state index contributed by atoms with van der Waals surface area (Å²) in [5, 5.41) is 2.92. The fourth-order valence-electron chi connectivity index (χ4n) is 2.42. The summed E-state index contributed by atoms with van der Waals surface area (Å²) in [7, 11) is 0. The van der Waals surface area contributed by atoms with Crippen LogP contribution in [0.1, 0.15) is 32.6 Å². The summed E-state index contributed by atoms with van der Waals surface area (Å²) in [5.74, 6) is 0.843. The van der Waals surface area contributed by atoms with Crippen LogP contribution in [0.15, 0.2) is 12.7 Å². The van der Waals surface area contributed by atoms with E-state index in [9.17, 15) is 9.59 Å². The van der Waals surface area contributed by atoms with Crippen LogP contribution < -0.4 is 5.32 Å². The topological polar surface area (TPSA) is 49.4 Å². The van der Waals surface area contributed by atoms with Crippen molar-refractivity contribution in [2.75, 3.05) is 6.54 Å². The predicted molar refractivity (Wildman–Crippen MR) is 65.3 cm³/mol. The van der Waals surface area contributed by atoms with E-state index >= 15 is 0 Å². The first-order chi connectivity index (χ1) is 8.11. The van der Waals surface area contributed by atoms with Gasteiger partial charge in [-0.05, 0) is 18.8 Å². The molecule has 2 aliphatic rings. The van der Waals surface area contributed by atoms with Crippen LogP contribution in [-0.4, -0.2) is 35.3 Å². The molecule has 1 saturated heterocycles. The number of hydrogen-bond acceptors (Lipinski definition) is 2. The normalized spacial score (nSPS) is 31.5. The second-order valence-corrected chi connectivity index (χ2v) is 5.12. The van der Waals surface area contributed by atoms with Crippen LogP contribution in [0.5, 0.6) is 0 Å². The minimum atomic E-state index is 0.00705. The summed E-state index contributed by atoms with van der Waals surface area (Å²) in [4.78, 5) is 25.2. The van der Waals surface area contributed by atoms with Gasteiger partial charge < -0.3 is 10.2 Å². The first-order valence-electron chi connectivity index (χ1n) is 6.31. The highest BCUT2D eigenvalue weighted by molar-refractivity contribution is 5.82. The lowest BCUT2D eigenvalue weighted by molar-refractivity contribution is -0.128. The third kappa shape index (κ3) is 2.87. The Hall–Kier alpha value is -1.32. The molecule has 0 spiro atoms. The number of rotatable bonds is 5. The van der Waals surface area contributed by atoms with Crippen molar-refractivity contribution < 1.29 is 9.59 Å². The Bertz CT molecular complexity index is 340. The number of allylic oxidation sites excluding steroid dienone is 1. The molecule has 1 N–H and O–H groups in total. The Kier molecular flexibility index (Phi) is 3.50. The molecule has 0 aromatic heterocycles. The minimum Gasteiger partial charge on any atom is -0.351 e. The SMILES string of the molecule is C=CCCC(=O)N[C@@H]1CC(=O)N([C@H]2C[C@H]2C)C1. The van der Waals surface area contributed by atoms with Gasteiger partial charge in [0, 0.05) is 25.4 Å². The molecule has 0 unspecified atom stereocenters. The van der Waals surface area contributed by atoms with E-state index in [-0.39, 0.29) is 17.9 Å². The zero-order valence-corrected chi connectivity index (χ0v) is 10.3. The summed E-state index contributed by atoms with van der Waals surface area (Å²) < 4.78 is 0. The molecule has 2 fully saturated rings. The molecule has 1 aliphatic carbocycles. The van der Waals surface area contributed by atoms with Crippen LogP contribution in [0.25, 0.3) is 0 Å². The Balaban J connectivity index is 1.78. The quantitative estimate of drug-likeness (QED) is 0.726.